The summed E-state index contributed by atoms with van der Waals surface area (Å²) in [5.41, 5.74) is 3.07. The lowest BCUT2D eigenvalue weighted by atomic mass is 10.1. The number of nitrogens with zero attached hydrogens (tertiary/aromatic N) is 1. The Morgan fingerprint density at radius 1 is 1.21 bits per heavy atom. The van der Waals surface area contributed by atoms with Gasteiger partial charge in [-0.25, -0.2) is 0 Å². The molecule has 0 unspecified atom stereocenters. The first kappa shape index (κ1) is 7.38. The Morgan fingerprint density at radius 3 is 3.21 bits per heavy atom. The van der Waals surface area contributed by atoms with Gasteiger partial charge in [-0.15, -0.1) is 0 Å². The Kier molecular flexibility index (Phi) is 1.44. The van der Waals surface area contributed by atoms with E-state index in [0.717, 1.165) is 22.2 Å². The van der Waals surface area contributed by atoms with Crippen molar-refractivity contribution in [3.05, 3.63) is 42.3 Å². The molecule has 0 saturated carbocycles. The van der Waals surface area contributed by atoms with E-state index < -0.39 is 0 Å². The van der Waals surface area contributed by atoms with Crippen molar-refractivity contribution >= 4 is 22.7 Å². The van der Waals surface area contributed by atoms with Gasteiger partial charge in [0.25, 0.3) is 0 Å². The first-order valence-corrected chi connectivity index (χ1v) is 4.42. The molecule has 1 N–H and O–H groups in total. The van der Waals surface area contributed by atoms with Crippen LogP contribution in [0.1, 0.15) is 5.56 Å². The van der Waals surface area contributed by atoms with Crippen LogP contribution in [0, 0.1) is 0 Å². The number of fused-ring (bicyclic) bond motifs is 3. The zero-order valence-electron chi connectivity index (χ0n) is 7.40. The van der Waals surface area contributed by atoms with Crippen LogP contribution in [-0.2, 0) is 0 Å². The summed E-state index contributed by atoms with van der Waals surface area (Å²) >= 11 is 0. The SMILES string of the molecule is C1=CNc2c(ccc3nocc23)C=C1. The molecule has 14 heavy (non-hydrogen) atoms. The van der Waals surface area contributed by atoms with Crippen LogP contribution in [-0.4, -0.2) is 5.16 Å². The first-order valence-electron chi connectivity index (χ1n) is 4.42. The second-order valence-electron chi connectivity index (χ2n) is 3.14. The fraction of sp³-hybridized carbons (Fsp3) is 0. The van der Waals surface area contributed by atoms with Crippen LogP contribution in [0.2, 0.25) is 0 Å². The highest BCUT2D eigenvalue weighted by Gasteiger charge is 2.08. The highest BCUT2D eigenvalue weighted by Crippen LogP contribution is 2.28. The summed E-state index contributed by atoms with van der Waals surface area (Å²) < 4.78 is 4.93. The molecule has 1 aliphatic rings. The number of benzene rings is 1. The molecule has 0 fully saturated rings. The zero-order valence-corrected chi connectivity index (χ0v) is 7.40. The first-order chi connectivity index (χ1) is 6.95. The standard InChI is InChI=1S/C11H8N2O/c1-2-6-12-11-8(3-1)4-5-10-9(11)7-14-13-10/h1-7,12H. The predicted molar refractivity (Wildman–Crippen MR) is 55.8 cm³/mol. The molecule has 1 aliphatic heterocycles. The van der Waals surface area contributed by atoms with Crippen molar-refractivity contribution in [3.8, 4) is 0 Å². The average Bonchev–Trinajstić information content (AvgIpc) is 2.55. The number of rotatable bonds is 0. The summed E-state index contributed by atoms with van der Waals surface area (Å²) in [5.74, 6) is 0. The number of nitrogens with one attached hydrogen (secondary N) is 1. The summed E-state index contributed by atoms with van der Waals surface area (Å²) in [6.07, 6.45) is 9.57. The Hall–Kier alpha value is -2.03. The average molecular weight is 184 g/mol. The number of hydrogen-bond acceptors (Lipinski definition) is 3. The van der Waals surface area contributed by atoms with Crippen LogP contribution in [0.3, 0.4) is 0 Å². The Labute approximate surface area is 80.7 Å². The molecule has 0 bridgehead atoms. The highest BCUT2D eigenvalue weighted by atomic mass is 16.5. The van der Waals surface area contributed by atoms with Gasteiger partial charge in [0, 0.05) is 6.20 Å². The van der Waals surface area contributed by atoms with Crippen molar-refractivity contribution in [2.45, 2.75) is 0 Å². The number of hydrogen-bond donors (Lipinski definition) is 1. The van der Waals surface area contributed by atoms with Gasteiger partial charge in [0.15, 0.2) is 0 Å². The highest BCUT2D eigenvalue weighted by molar-refractivity contribution is 5.96. The van der Waals surface area contributed by atoms with Gasteiger partial charge in [-0.1, -0.05) is 23.4 Å². The molecule has 2 aromatic rings. The molecular weight excluding hydrogens is 176 g/mol. The minimum atomic E-state index is 0.875. The molecule has 0 aliphatic carbocycles. The van der Waals surface area contributed by atoms with Gasteiger partial charge in [0.1, 0.15) is 11.8 Å². The van der Waals surface area contributed by atoms with Gasteiger partial charge in [-0.05, 0) is 17.7 Å². The third-order valence-corrected chi connectivity index (χ3v) is 2.29. The molecule has 0 saturated heterocycles. The third-order valence-electron chi connectivity index (χ3n) is 2.29. The van der Waals surface area contributed by atoms with Crippen molar-refractivity contribution in [3.63, 3.8) is 0 Å². The normalized spacial score (nSPS) is 13.7. The number of anilines is 1. The van der Waals surface area contributed by atoms with Crippen LogP contribution < -0.4 is 5.32 Å². The Bertz CT molecular complexity index is 537. The zero-order chi connectivity index (χ0) is 9.38. The van der Waals surface area contributed by atoms with E-state index in [-0.39, 0.29) is 0 Å². The van der Waals surface area contributed by atoms with Crippen LogP contribution in [0.15, 0.2) is 41.3 Å². The van der Waals surface area contributed by atoms with Crippen molar-refractivity contribution in [1.82, 2.24) is 5.16 Å². The van der Waals surface area contributed by atoms with Crippen molar-refractivity contribution in [1.29, 1.82) is 0 Å². The largest absolute Gasteiger partial charge is 0.363 e. The molecule has 1 aromatic carbocycles. The van der Waals surface area contributed by atoms with E-state index >= 15 is 0 Å². The summed E-state index contributed by atoms with van der Waals surface area (Å²) in [6, 6.07) is 3.98. The van der Waals surface area contributed by atoms with Gasteiger partial charge < -0.3 is 9.84 Å². The fourth-order valence-corrected chi connectivity index (χ4v) is 1.61. The van der Waals surface area contributed by atoms with E-state index in [0.29, 0.717) is 0 Å². The van der Waals surface area contributed by atoms with Crippen LogP contribution in [0.5, 0.6) is 0 Å². The lowest BCUT2D eigenvalue weighted by Gasteiger charge is -2.04. The van der Waals surface area contributed by atoms with E-state index in [1.807, 2.05) is 30.5 Å². The Balaban J connectivity index is 2.38. The van der Waals surface area contributed by atoms with E-state index in [9.17, 15) is 0 Å². The van der Waals surface area contributed by atoms with E-state index in [2.05, 4.69) is 16.5 Å². The van der Waals surface area contributed by atoms with Gasteiger partial charge >= 0.3 is 0 Å². The van der Waals surface area contributed by atoms with Crippen molar-refractivity contribution < 1.29 is 4.52 Å². The topological polar surface area (TPSA) is 38.1 Å². The molecule has 1 aromatic heterocycles. The quantitative estimate of drug-likeness (QED) is 0.684. The monoisotopic (exact) mass is 184 g/mol. The fourth-order valence-electron chi connectivity index (χ4n) is 1.61. The van der Waals surface area contributed by atoms with Crippen LogP contribution >= 0.6 is 0 Å². The van der Waals surface area contributed by atoms with Gasteiger partial charge in [0.05, 0.1) is 11.1 Å². The Morgan fingerprint density at radius 2 is 2.21 bits per heavy atom. The van der Waals surface area contributed by atoms with Crippen LogP contribution in [0.25, 0.3) is 17.0 Å². The van der Waals surface area contributed by atoms with Crippen molar-refractivity contribution in [2.75, 3.05) is 5.32 Å². The molecule has 0 amide bonds. The summed E-state index contributed by atoms with van der Waals surface area (Å²) in [6.45, 7) is 0. The van der Waals surface area contributed by atoms with Gasteiger partial charge in [-0.2, -0.15) is 0 Å². The van der Waals surface area contributed by atoms with Crippen LogP contribution in [0.4, 0.5) is 5.69 Å². The summed E-state index contributed by atoms with van der Waals surface area (Å²) in [4.78, 5) is 0. The summed E-state index contributed by atoms with van der Waals surface area (Å²) in [7, 11) is 0. The predicted octanol–water partition coefficient (Wildman–Crippen LogP) is 2.78. The van der Waals surface area contributed by atoms with Crippen molar-refractivity contribution in [2.24, 2.45) is 0 Å². The van der Waals surface area contributed by atoms with Gasteiger partial charge in [0.2, 0.25) is 0 Å². The molecule has 0 radical (unpaired) electrons. The van der Waals surface area contributed by atoms with E-state index in [1.165, 1.54) is 0 Å². The smallest absolute Gasteiger partial charge is 0.133 e. The van der Waals surface area contributed by atoms with E-state index in [1.54, 1.807) is 6.26 Å². The third kappa shape index (κ3) is 0.956. The van der Waals surface area contributed by atoms with Gasteiger partial charge in [-0.3, -0.25) is 0 Å². The maximum Gasteiger partial charge on any atom is 0.133 e. The molecule has 3 heteroatoms. The molecule has 68 valence electrons. The van der Waals surface area contributed by atoms with E-state index in [4.69, 9.17) is 4.52 Å². The maximum absolute atomic E-state index is 4.93. The number of allylic oxidation sites excluding steroid dienone is 2. The lowest BCUT2D eigenvalue weighted by molar-refractivity contribution is 0.428. The molecule has 3 rings (SSSR count). The summed E-state index contributed by atoms with van der Waals surface area (Å²) in [5, 5.41) is 8.12. The second-order valence-corrected chi connectivity index (χ2v) is 3.14. The molecule has 2 heterocycles. The minimum absolute atomic E-state index is 0.875. The maximum atomic E-state index is 4.93. The lowest BCUT2D eigenvalue weighted by Crippen LogP contribution is -1.89. The molecular formula is C11H8N2O. The number of aromatic nitrogens is 1. The minimum Gasteiger partial charge on any atom is -0.363 e. The molecule has 0 spiro atoms. The second kappa shape index (κ2) is 2.73. The molecule has 3 nitrogen and oxygen atoms in total. The molecule has 0 atom stereocenters.